The van der Waals surface area contributed by atoms with Crippen molar-refractivity contribution in [1.29, 1.82) is 0 Å². The van der Waals surface area contributed by atoms with Crippen molar-refractivity contribution in [1.82, 2.24) is 0 Å². The average Bonchev–Trinajstić information content (AvgIpc) is 2.93. The summed E-state index contributed by atoms with van der Waals surface area (Å²) < 4.78 is 9.76. The molecule has 22 heavy (non-hydrogen) atoms. The molecular formula is C14H11NO6S. The summed E-state index contributed by atoms with van der Waals surface area (Å²) in [7, 11) is 2.48. The van der Waals surface area contributed by atoms with E-state index in [0.717, 1.165) is 17.4 Å². The molecule has 0 atom stereocenters. The number of carbonyl (C=O) groups is 2. The van der Waals surface area contributed by atoms with Crippen LogP contribution in [0.25, 0.3) is 16.2 Å². The fraction of sp³-hybridized carbons (Fsp3) is 0.143. The molecule has 0 saturated heterocycles. The van der Waals surface area contributed by atoms with Gasteiger partial charge in [-0.3, -0.25) is 10.1 Å². The first-order chi connectivity index (χ1) is 10.5. The fourth-order valence-corrected chi connectivity index (χ4v) is 2.82. The molecule has 0 fully saturated rings. The van der Waals surface area contributed by atoms with E-state index in [1.165, 1.54) is 32.4 Å². The lowest BCUT2D eigenvalue weighted by atomic mass is 10.1. The first kappa shape index (κ1) is 15.6. The average molecular weight is 321 g/mol. The van der Waals surface area contributed by atoms with Gasteiger partial charge in [-0.2, -0.15) is 0 Å². The van der Waals surface area contributed by atoms with Crippen LogP contribution >= 0.6 is 11.3 Å². The largest absolute Gasteiger partial charge is 0.466 e. The Bertz CT molecular complexity index is 792. The maximum Gasteiger partial charge on any atom is 0.348 e. The molecule has 0 radical (unpaired) electrons. The van der Waals surface area contributed by atoms with E-state index in [0.29, 0.717) is 15.0 Å². The number of nitro benzene ring substituents is 1. The lowest BCUT2D eigenvalue weighted by molar-refractivity contribution is -0.384. The van der Waals surface area contributed by atoms with Crippen LogP contribution in [0.15, 0.2) is 24.3 Å². The number of rotatable bonds is 4. The van der Waals surface area contributed by atoms with Gasteiger partial charge >= 0.3 is 11.9 Å². The maximum absolute atomic E-state index is 11.5. The molecule has 2 rings (SSSR count). The third kappa shape index (κ3) is 3.12. The van der Waals surface area contributed by atoms with E-state index in [-0.39, 0.29) is 11.3 Å². The minimum atomic E-state index is -0.615. The van der Waals surface area contributed by atoms with Crippen LogP contribution in [0.1, 0.15) is 15.2 Å². The minimum absolute atomic E-state index is 0.165. The van der Waals surface area contributed by atoms with Crippen molar-refractivity contribution in [3.05, 3.63) is 44.8 Å². The predicted octanol–water partition coefficient (Wildman–Crippen LogP) is 2.78. The number of benzene rings is 1. The van der Waals surface area contributed by atoms with E-state index < -0.39 is 16.9 Å². The van der Waals surface area contributed by atoms with Crippen molar-refractivity contribution in [3.8, 4) is 0 Å². The molecule has 0 aliphatic rings. The first-order valence-electron chi connectivity index (χ1n) is 6.02. The van der Waals surface area contributed by atoms with Crippen LogP contribution in [-0.4, -0.2) is 31.1 Å². The molecule has 0 N–H and O–H groups in total. The van der Waals surface area contributed by atoms with E-state index in [1.807, 2.05) is 0 Å². The second kappa shape index (κ2) is 6.35. The summed E-state index contributed by atoms with van der Waals surface area (Å²) in [6, 6.07) is 4.44. The Morgan fingerprint density at radius 1 is 1.23 bits per heavy atom. The highest BCUT2D eigenvalue weighted by Gasteiger charge is 2.17. The summed E-state index contributed by atoms with van der Waals surface area (Å²) >= 11 is 1.16. The molecule has 2 aromatic rings. The highest BCUT2D eigenvalue weighted by molar-refractivity contribution is 7.20. The molecule has 0 amide bonds. The van der Waals surface area contributed by atoms with Crippen LogP contribution in [-0.2, 0) is 14.3 Å². The van der Waals surface area contributed by atoms with Crippen molar-refractivity contribution in [2.24, 2.45) is 0 Å². The molecule has 0 aliphatic carbocycles. The molecule has 1 heterocycles. The molecule has 1 aromatic carbocycles. The van der Waals surface area contributed by atoms with E-state index >= 15 is 0 Å². The Morgan fingerprint density at radius 3 is 2.55 bits per heavy atom. The second-order valence-corrected chi connectivity index (χ2v) is 5.25. The van der Waals surface area contributed by atoms with Gasteiger partial charge in [-0.1, -0.05) is 0 Å². The zero-order valence-corrected chi connectivity index (χ0v) is 12.5. The zero-order valence-electron chi connectivity index (χ0n) is 11.7. The first-order valence-corrected chi connectivity index (χ1v) is 6.84. The van der Waals surface area contributed by atoms with Crippen LogP contribution in [0.4, 0.5) is 5.69 Å². The maximum atomic E-state index is 11.5. The van der Waals surface area contributed by atoms with E-state index in [2.05, 4.69) is 9.47 Å². The smallest absolute Gasteiger partial charge is 0.348 e. The number of hydrogen-bond acceptors (Lipinski definition) is 7. The lowest BCUT2D eigenvalue weighted by Gasteiger charge is -1.98. The SMILES string of the molecule is COC(=O)/C=C/c1cc2sc(C(=O)OC)cc2cc1[N+](=O)[O-]. The second-order valence-electron chi connectivity index (χ2n) is 4.16. The predicted molar refractivity (Wildman–Crippen MR) is 80.9 cm³/mol. The number of esters is 2. The van der Waals surface area contributed by atoms with Crippen molar-refractivity contribution in [3.63, 3.8) is 0 Å². The van der Waals surface area contributed by atoms with Gasteiger partial charge in [0.2, 0.25) is 0 Å². The summed E-state index contributed by atoms with van der Waals surface area (Å²) in [5.74, 6) is -1.12. The van der Waals surface area contributed by atoms with Gasteiger partial charge in [0.15, 0.2) is 0 Å². The van der Waals surface area contributed by atoms with Crippen molar-refractivity contribution >= 4 is 45.1 Å². The number of thiophene rings is 1. The van der Waals surface area contributed by atoms with E-state index in [9.17, 15) is 19.7 Å². The summed E-state index contributed by atoms with van der Waals surface area (Å²) in [6.45, 7) is 0. The topological polar surface area (TPSA) is 95.7 Å². The molecule has 0 bridgehead atoms. The number of fused-ring (bicyclic) bond motifs is 1. The van der Waals surface area contributed by atoms with Gasteiger partial charge in [-0.25, -0.2) is 9.59 Å². The molecule has 0 saturated carbocycles. The third-order valence-electron chi connectivity index (χ3n) is 2.85. The molecule has 114 valence electrons. The Balaban J connectivity index is 2.56. The fourth-order valence-electron chi connectivity index (χ4n) is 1.81. The molecule has 0 unspecified atom stereocenters. The number of methoxy groups -OCH3 is 2. The standard InChI is InChI=1S/C14H11NO6S/c1-20-13(16)4-3-8-6-11-9(5-10(8)15(18)19)7-12(22-11)14(17)21-2/h3-7H,1-2H3/b4-3+. The Labute approximate surface area is 128 Å². The number of hydrogen-bond donors (Lipinski definition) is 0. The molecular weight excluding hydrogens is 310 g/mol. The Kier molecular flexibility index (Phi) is 4.52. The monoisotopic (exact) mass is 321 g/mol. The lowest BCUT2D eigenvalue weighted by Crippen LogP contribution is -1.96. The number of ether oxygens (including phenoxy) is 2. The molecule has 8 heteroatoms. The summed E-state index contributed by atoms with van der Waals surface area (Å²) in [6.07, 6.45) is 2.41. The third-order valence-corrected chi connectivity index (χ3v) is 3.93. The van der Waals surface area contributed by atoms with Gasteiger partial charge < -0.3 is 9.47 Å². The van der Waals surface area contributed by atoms with Gasteiger partial charge in [0, 0.05) is 22.2 Å². The summed E-state index contributed by atoms with van der Waals surface area (Å²) in [5, 5.41) is 11.7. The quantitative estimate of drug-likeness (QED) is 0.372. The van der Waals surface area contributed by atoms with Crippen LogP contribution in [0.2, 0.25) is 0 Å². The Hall–Kier alpha value is -2.74. The van der Waals surface area contributed by atoms with Crippen molar-refractivity contribution < 1.29 is 24.0 Å². The van der Waals surface area contributed by atoms with Gasteiger partial charge in [-0.15, -0.1) is 11.3 Å². The molecule has 7 nitrogen and oxygen atoms in total. The van der Waals surface area contributed by atoms with Gasteiger partial charge in [-0.05, 0) is 18.2 Å². The number of nitro groups is 1. The van der Waals surface area contributed by atoms with Gasteiger partial charge in [0.05, 0.1) is 24.7 Å². The van der Waals surface area contributed by atoms with E-state index in [4.69, 9.17) is 0 Å². The van der Waals surface area contributed by atoms with Crippen LogP contribution in [0.3, 0.4) is 0 Å². The molecule has 1 aromatic heterocycles. The van der Waals surface area contributed by atoms with Gasteiger partial charge in [0.1, 0.15) is 4.88 Å². The summed E-state index contributed by atoms with van der Waals surface area (Å²) in [5.41, 5.74) is 0.0861. The number of carbonyl (C=O) groups excluding carboxylic acids is 2. The van der Waals surface area contributed by atoms with Crippen LogP contribution < -0.4 is 0 Å². The zero-order chi connectivity index (χ0) is 16.3. The van der Waals surface area contributed by atoms with Crippen molar-refractivity contribution in [2.75, 3.05) is 14.2 Å². The molecule has 0 spiro atoms. The highest BCUT2D eigenvalue weighted by Crippen LogP contribution is 2.33. The summed E-state index contributed by atoms with van der Waals surface area (Å²) in [4.78, 5) is 33.6. The normalized spacial score (nSPS) is 10.8. The molecule has 0 aliphatic heterocycles. The number of nitrogens with zero attached hydrogens (tertiary/aromatic N) is 1. The minimum Gasteiger partial charge on any atom is -0.466 e. The van der Waals surface area contributed by atoms with Crippen molar-refractivity contribution in [2.45, 2.75) is 0 Å². The van der Waals surface area contributed by atoms with E-state index in [1.54, 1.807) is 6.07 Å². The Morgan fingerprint density at radius 2 is 1.95 bits per heavy atom. The van der Waals surface area contributed by atoms with Gasteiger partial charge in [0.25, 0.3) is 5.69 Å². The van der Waals surface area contributed by atoms with Crippen LogP contribution in [0.5, 0.6) is 0 Å². The highest BCUT2D eigenvalue weighted by atomic mass is 32.1. The van der Waals surface area contributed by atoms with Crippen LogP contribution in [0, 0.1) is 10.1 Å².